The molecule has 0 bridgehead atoms. The van der Waals surface area contributed by atoms with Gasteiger partial charge in [0.25, 0.3) is 0 Å². The van der Waals surface area contributed by atoms with E-state index in [1.807, 2.05) is 24.3 Å². The summed E-state index contributed by atoms with van der Waals surface area (Å²) in [5, 5.41) is 10.5. The number of hydrazine groups is 1. The molecule has 1 aromatic heterocycles. The number of nitrogens with one attached hydrogen (secondary N) is 3. The third-order valence-electron chi connectivity index (χ3n) is 3.77. The Morgan fingerprint density at radius 2 is 2.18 bits per heavy atom. The Morgan fingerprint density at radius 3 is 2.95 bits per heavy atom. The summed E-state index contributed by atoms with van der Waals surface area (Å²) in [5.41, 5.74) is 7.91. The number of hydrogen-bond donors (Lipinski definition) is 3. The third kappa shape index (κ3) is 3.32. The molecule has 2 aromatic rings. The number of anilines is 1. The lowest BCUT2D eigenvalue weighted by Crippen LogP contribution is -2.40. The molecule has 3 rings (SSSR count). The van der Waals surface area contributed by atoms with E-state index in [0.717, 1.165) is 30.6 Å². The number of hydrogen-bond acceptors (Lipinski definition) is 5. The minimum atomic E-state index is -0.199. The highest BCUT2D eigenvalue weighted by atomic mass is 16.2. The Morgan fingerprint density at radius 1 is 1.36 bits per heavy atom. The first-order valence-corrected chi connectivity index (χ1v) is 7.53. The van der Waals surface area contributed by atoms with Gasteiger partial charge in [-0.2, -0.15) is 0 Å². The maximum Gasteiger partial charge on any atom is 0.242 e. The molecule has 22 heavy (non-hydrogen) atoms. The lowest BCUT2D eigenvalue weighted by Gasteiger charge is -2.11. The summed E-state index contributed by atoms with van der Waals surface area (Å²) in [6.07, 6.45) is 6.23. The molecule has 1 aliphatic rings. The second kappa shape index (κ2) is 6.67. The average molecular weight is 300 g/mol. The molecule has 7 nitrogen and oxygen atoms in total. The van der Waals surface area contributed by atoms with Crippen LogP contribution in [0.4, 0.5) is 5.69 Å². The van der Waals surface area contributed by atoms with Crippen LogP contribution in [0, 0.1) is 0 Å². The predicted octanol–water partition coefficient (Wildman–Crippen LogP) is 1.24. The maximum absolute atomic E-state index is 12.3. The number of amides is 1. The second-order valence-electron chi connectivity index (χ2n) is 5.47. The van der Waals surface area contributed by atoms with E-state index in [0.29, 0.717) is 6.04 Å². The van der Waals surface area contributed by atoms with Gasteiger partial charge in [0.05, 0.1) is 5.69 Å². The third-order valence-corrected chi connectivity index (χ3v) is 3.77. The summed E-state index contributed by atoms with van der Waals surface area (Å²) < 4.78 is 1.79. The minimum absolute atomic E-state index is 0.0213. The Balaban J connectivity index is 1.64. The molecular weight excluding hydrogens is 280 g/mol. The number of carbonyl (C=O) groups excluding carboxylic acids is 1. The molecule has 0 saturated carbocycles. The Labute approximate surface area is 129 Å². The smallest absolute Gasteiger partial charge is 0.242 e. The van der Waals surface area contributed by atoms with Gasteiger partial charge in [0.1, 0.15) is 18.7 Å². The van der Waals surface area contributed by atoms with Crippen molar-refractivity contribution < 1.29 is 4.79 Å². The van der Waals surface area contributed by atoms with Gasteiger partial charge in [0.2, 0.25) is 5.91 Å². The van der Waals surface area contributed by atoms with Gasteiger partial charge in [-0.1, -0.05) is 19.4 Å². The summed E-state index contributed by atoms with van der Waals surface area (Å²) in [4.78, 5) is 12.3. The van der Waals surface area contributed by atoms with E-state index in [1.54, 1.807) is 17.2 Å². The van der Waals surface area contributed by atoms with E-state index in [9.17, 15) is 4.79 Å². The Hall–Kier alpha value is -2.25. The first-order chi connectivity index (χ1) is 10.8. The zero-order valence-electron chi connectivity index (χ0n) is 12.5. The molecule has 0 radical (unpaired) electrons. The van der Waals surface area contributed by atoms with Gasteiger partial charge in [-0.3, -0.25) is 14.8 Å². The van der Waals surface area contributed by atoms with Crippen LogP contribution < -0.4 is 16.2 Å². The zero-order valence-corrected chi connectivity index (χ0v) is 12.5. The van der Waals surface area contributed by atoms with Crippen LogP contribution in [0.1, 0.15) is 26.2 Å². The number of rotatable bonds is 5. The van der Waals surface area contributed by atoms with Crippen LogP contribution in [0.3, 0.4) is 0 Å². The molecule has 1 amide bonds. The first kappa shape index (κ1) is 14.7. The molecule has 0 spiro atoms. The van der Waals surface area contributed by atoms with Gasteiger partial charge in [-0.05, 0) is 31.0 Å². The van der Waals surface area contributed by atoms with Crippen molar-refractivity contribution in [1.82, 2.24) is 25.6 Å². The molecule has 1 aliphatic heterocycles. The SMILES string of the molecule is CCCC1CC(C(=O)Nc2cccc(-n3cnnc3)c2)NN1. The van der Waals surface area contributed by atoms with E-state index in [4.69, 9.17) is 0 Å². The van der Waals surface area contributed by atoms with Crippen LogP contribution >= 0.6 is 0 Å². The molecule has 3 N–H and O–H groups in total. The van der Waals surface area contributed by atoms with Crippen molar-refractivity contribution in [2.75, 3.05) is 5.32 Å². The second-order valence-corrected chi connectivity index (χ2v) is 5.47. The lowest BCUT2D eigenvalue weighted by molar-refractivity contribution is -0.117. The number of nitrogens with zero attached hydrogens (tertiary/aromatic N) is 3. The summed E-state index contributed by atoms with van der Waals surface area (Å²) >= 11 is 0. The van der Waals surface area contributed by atoms with Crippen molar-refractivity contribution in [1.29, 1.82) is 0 Å². The van der Waals surface area contributed by atoms with Crippen molar-refractivity contribution in [2.45, 2.75) is 38.3 Å². The van der Waals surface area contributed by atoms with Crippen molar-refractivity contribution in [3.05, 3.63) is 36.9 Å². The Bertz CT molecular complexity index is 627. The molecule has 7 heteroatoms. The summed E-state index contributed by atoms with van der Waals surface area (Å²) in [7, 11) is 0. The van der Waals surface area contributed by atoms with Crippen LogP contribution in [-0.4, -0.2) is 32.8 Å². The van der Waals surface area contributed by atoms with Gasteiger partial charge >= 0.3 is 0 Å². The summed E-state index contributed by atoms with van der Waals surface area (Å²) in [6, 6.07) is 7.76. The van der Waals surface area contributed by atoms with E-state index >= 15 is 0 Å². The van der Waals surface area contributed by atoms with Crippen molar-refractivity contribution in [3.8, 4) is 5.69 Å². The topological polar surface area (TPSA) is 83.9 Å². The molecule has 1 fully saturated rings. The lowest BCUT2D eigenvalue weighted by atomic mass is 10.1. The van der Waals surface area contributed by atoms with Gasteiger partial charge in [-0.25, -0.2) is 5.43 Å². The molecule has 2 unspecified atom stereocenters. The van der Waals surface area contributed by atoms with Crippen LogP contribution in [0.5, 0.6) is 0 Å². The van der Waals surface area contributed by atoms with Crippen LogP contribution in [0.25, 0.3) is 5.69 Å². The van der Waals surface area contributed by atoms with Crippen LogP contribution in [0.15, 0.2) is 36.9 Å². The monoisotopic (exact) mass is 300 g/mol. The normalized spacial score (nSPS) is 21.0. The molecular formula is C15H20N6O. The highest BCUT2D eigenvalue weighted by molar-refractivity contribution is 5.95. The quantitative estimate of drug-likeness (QED) is 0.774. The molecule has 2 atom stereocenters. The molecule has 1 saturated heterocycles. The fourth-order valence-electron chi connectivity index (χ4n) is 2.64. The van der Waals surface area contributed by atoms with Crippen molar-refractivity contribution in [2.24, 2.45) is 0 Å². The number of carbonyl (C=O) groups is 1. The zero-order chi connectivity index (χ0) is 15.4. The average Bonchev–Trinajstić information content (AvgIpc) is 3.19. The van der Waals surface area contributed by atoms with Gasteiger partial charge in [0.15, 0.2) is 0 Å². The van der Waals surface area contributed by atoms with E-state index < -0.39 is 0 Å². The largest absolute Gasteiger partial charge is 0.325 e. The highest BCUT2D eigenvalue weighted by Crippen LogP contribution is 2.16. The minimum Gasteiger partial charge on any atom is -0.325 e. The highest BCUT2D eigenvalue weighted by Gasteiger charge is 2.28. The predicted molar refractivity (Wildman–Crippen MR) is 83.4 cm³/mol. The van der Waals surface area contributed by atoms with Crippen LogP contribution in [-0.2, 0) is 4.79 Å². The number of aromatic nitrogens is 3. The molecule has 2 heterocycles. The van der Waals surface area contributed by atoms with Crippen LogP contribution in [0.2, 0.25) is 0 Å². The fourth-order valence-corrected chi connectivity index (χ4v) is 2.64. The van der Waals surface area contributed by atoms with E-state index in [1.165, 1.54) is 0 Å². The van der Waals surface area contributed by atoms with Gasteiger partial charge in [-0.15, -0.1) is 10.2 Å². The van der Waals surface area contributed by atoms with Crippen molar-refractivity contribution >= 4 is 11.6 Å². The Kier molecular flexibility index (Phi) is 4.45. The molecule has 1 aromatic carbocycles. The van der Waals surface area contributed by atoms with E-state index in [2.05, 4.69) is 33.3 Å². The first-order valence-electron chi connectivity index (χ1n) is 7.53. The summed E-state index contributed by atoms with van der Waals surface area (Å²) in [5.74, 6) is -0.0213. The summed E-state index contributed by atoms with van der Waals surface area (Å²) in [6.45, 7) is 2.14. The van der Waals surface area contributed by atoms with E-state index in [-0.39, 0.29) is 11.9 Å². The van der Waals surface area contributed by atoms with Crippen molar-refractivity contribution in [3.63, 3.8) is 0 Å². The van der Waals surface area contributed by atoms with Gasteiger partial charge < -0.3 is 5.32 Å². The molecule has 0 aliphatic carbocycles. The van der Waals surface area contributed by atoms with Gasteiger partial charge in [0, 0.05) is 11.7 Å². The standard InChI is InChI=1S/C15H20N6O/c1-2-4-12-8-14(20-19-12)15(22)18-11-5-3-6-13(7-11)21-9-16-17-10-21/h3,5-7,9-10,12,14,19-20H,2,4,8H2,1H3,(H,18,22). The number of benzene rings is 1. The molecule has 116 valence electrons. The maximum atomic E-state index is 12.3. The fraction of sp³-hybridized carbons (Fsp3) is 0.400.